The van der Waals surface area contributed by atoms with Crippen molar-refractivity contribution in [1.82, 2.24) is 5.32 Å². The Labute approximate surface area is 123 Å². The third-order valence-electron chi connectivity index (χ3n) is 3.52. The normalized spacial score (nSPS) is 24.4. The Morgan fingerprint density at radius 2 is 2.15 bits per heavy atom. The van der Waals surface area contributed by atoms with Gasteiger partial charge in [-0.05, 0) is 32.6 Å². The number of aliphatic hydroxyl groups is 1. The van der Waals surface area contributed by atoms with E-state index in [0.29, 0.717) is 38.4 Å². The fraction of sp³-hybridized carbons (Fsp3) is 1.00. The van der Waals surface area contributed by atoms with E-state index in [9.17, 15) is 5.11 Å². The van der Waals surface area contributed by atoms with E-state index in [1.54, 1.807) is 0 Å². The van der Waals surface area contributed by atoms with Gasteiger partial charge in [-0.25, -0.2) is 0 Å². The third kappa shape index (κ3) is 7.55. The van der Waals surface area contributed by atoms with Crippen molar-refractivity contribution in [3.8, 4) is 0 Å². The molecule has 1 aliphatic rings. The van der Waals surface area contributed by atoms with Crippen molar-refractivity contribution in [3.63, 3.8) is 0 Å². The highest BCUT2D eigenvalue weighted by Crippen LogP contribution is 2.22. The maximum Gasteiger partial charge on any atom is 0.0897 e. The molecule has 1 fully saturated rings. The molecule has 0 aromatic heterocycles. The van der Waals surface area contributed by atoms with Gasteiger partial charge < -0.3 is 24.6 Å². The zero-order chi connectivity index (χ0) is 14.8. The van der Waals surface area contributed by atoms with Crippen LogP contribution in [0.25, 0.3) is 0 Å². The zero-order valence-corrected chi connectivity index (χ0v) is 13.1. The Kier molecular flexibility index (Phi) is 9.39. The Morgan fingerprint density at radius 1 is 1.35 bits per heavy atom. The first kappa shape index (κ1) is 17.9. The van der Waals surface area contributed by atoms with Gasteiger partial charge in [0.1, 0.15) is 0 Å². The topological polar surface area (TPSA) is 60.0 Å². The van der Waals surface area contributed by atoms with Crippen molar-refractivity contribution in [2.24, 2.45) is 5.92 Å². The van der Waals surface area contributed by atoms with Gasteiger partial charge in [-0.2, -0.15) is 0 Å². The maximum absolute atomic E-state index is 9.80. The first-order chi connectivity index (χ1) is 9.63. The highest BCUT2D eigenvalue weighted by Gasteiger charge is 2.26. The number of ether oxygens (including phenoxy) is 3. The molecule has 0 aliphatic carbocycles. The summed E-state index contributed by atoms with van der Waals surface area (Å²) in [6.45, 7) is 9.96. The lowest BCUT2D eigenvalue weighted by molar-refractivity contribution is -0.0103. The highest BCUT2D eigenvalue weighted by atomic mass is 16.5. The van der Waals surface area contributed by atoms with Crippen LogP contribution in [0.2, 0.25) is 0 Å². The predicted octanol–water partition coefficient (Wildman–Crippen LogP) is 1.19. The van der Waals surface area contributed by atoms with Crippen molar-refractivity contribution < 1.29 is 19.3 Å². The molecule has 0 amide bonds. The summed E-state index contributed by atoms with van der Waals surface area (Å²) in [4.78, 5) is 0. The highest BCUT2D eigenvalue weighted by molar-refractivity contribution is 4.77. The number of hydrogen-bond acceptors (Lipinski definition) is 5. The summed E-state index contributed by atoms with van der Waals surface area (Å²) < 4.78 is 16.4. The molecular formula is C15H31NO4. The lowest BCUT2D eigenvalue weighted by atomic mass is 10.00. The molecule has 3 unspecified atom stereocenters. The van der Waals surface area contributed by atoms with Gasteiger partial charge in [0.25, 0.3) is 0 Å². The molecule has 0 spiro atoms. The lowest BCUT2D eigenvalue weighted by Crippen LogP contribution is -2.35. The molecule has 5 nitrogen and oxygen atoms in total. The first-order valence-electron chi connectivity index (χ1n) is 7.83. The van der Waals surface area contributed by atoms with Gasteiger partial charge in [0.2, 0.25) is 0 Å². The van der Waals surface area contributed by atoms with Crippen LogP contribution in [-0.4, -0.2) is 62.9 Å². The largest absolute Gasteiger partial charge is 0.389 e. The van der Waals surface area contributed by atoms with Crippen LogP contribution < -0.4 is 5.32 Å². The average Bonchev–Trinajstić information content (AvgIpc) is 2.85. The molecule has 0 aromatic carbocycles. The smallest absolute Gasteiger partial charge is 0.0897 e. The van der Waals surface area contributed by atoms with Gasteiger partial charge in [0.05, 0.1) is 38.1 Å². The van der Waals surface area contributed by atoms with Gasteiger partial charge in [-0.15, -0.1) is 0 Å². The van der Waals surface area contributed by atoms with Crippen molar-refractivity contribution >= 4 is 0 Å². The van der Waals surface area contributed by atoms with Crippen LogP contribution in [0.5, 0.6) is 0 Å². The second-order valence-corrected chi connectivity index (χ2v) is 5.67. The second kappa shape index (κ2) is 10.5. The molecule has 0 bridgehead atoms. The monoisotopic (exact) mass is 289 g/mol. The molecule has 0 aromatic rings. The van der Waals surface area contributed by atoms with Crippen LogP contribution >= 0.6 is 0 Å². The number of hydrogen-bond donors (Lipinski definition) is 2. The summed E-state index contributed by atoms with van der Waals surface area (Å²) in [5.74, 6) is 0.576. The molecule has 3 atom stereocenters. The standard InChI is InChI=1S/C15H31NO4/c1-4-15-13(5-6-20-15)9-16-10-14(17)11-18-7-8-19-12(2)3/h12-17H,4-11H2,1-3H3. The SMILES string of the molecule is CCC1OCCC1CNCC(O)COCCOC(C)C. The van der Waals surface area contributed by atoms with E-state index in [1.165, 1.54) is 0 Å². The van der Waals surface area contributed by atoms with Crippen LogP contribution in [0.15, 0.2) is 0 Å². The Hall–Kier alpha value is -0.200. The predicted molar refractivity (Wildman–Crippen MR) is 78.9 cm³/mol. The quantitative estimate of drug-likeness (QED) is 0.560. The fourth-order valence-electron chi connectivity index (χ4n) is 2.43. The fourth-order valence-corrected chi connectivity index (χ4v) is 2.43. The number of nitrogens with one attached hydrogen (secondary N) is 1. The van der Waals surface area contributed by atoms with E-state index < -0.39 is 6.10 Å². The molecule has 120 valence electrons. The molecule has 0 radical (unpaired) electrons. The van der Waals surface area contributed by atoms with Gasteiger partial charge >= 0.3 is 0 Å². The Bertz CT molecular complexity index is 238. The summed E-state index contributed by atoms with van der Waals surface area (Å²) in [7, 11) is 0. The van der Waals surface area contributed by atoms with Crippen molar-refractivity contribution in [1.29, 1.82) is 0 Å². The van der Waals surface area contributed by atoms with Crippen LogP contribution in [0.1, 0.15) is 33.6 Å². The summed E-state index contributed by atoms with van der Waals surface area (Å²) in [5.41, 5.74) is 0. The molecule has 2 N–H and O–H groups in total. The zero-order valence-electron chi connectivity index (χ0n) is 13.1. The molecule has 1 saturated heterocycles. The summed E-state index contributed by atoms with van der Waals surface area (Å²) in [6.07, 6.45) is 2.32. The summed E-state index contributed by atoms with van der Waals surface area (Å²) >= 11 is 0. The first-order valence-corrected chi connectivity index (χ1v) is 7.83. The summed E-state index contributed by atoms with van der Waals surface area (Å²) in [6, 6.07) is 0. The third-order valence-corrected chi connectivity index (χ3v) is 3.52. The van der Waals surface area contributed by atoms with Crippen LogP contribution in [0.3, 0.4) is 0 Å². The number of rotatable bonds is 11. The molecule has 1 aliphatic heterocycles. The van der Waals surface area contributed by atoms with E-state index in [-0.39, 0.29) is 6.10 Å². The molecule has 20 heavy (non-hydrogen) atoms. The second-order valence-electron chi connectivity index (χ2n) is 5.67. The van der Waals surface area contributed by atoms with Crippen LogP contribution in [0, 0.1) is 5.92 Å². The van der Waals surface area contributed by atoms with E-state index in [1.807, 2.05) is 13.8 Å². The van der Waals surface area contributed by atoms with E-state index in [4.69, 9.17) is 14.2 Å². The van der Waals surface area contributed by atoms with Gasteiger partial charge in [0, 0.05) is 19.7 Å². The van der Waals surface area contributed by atoms with Gasteiger partial charge in [-0.3, -0.25) is 0 Å². The van der Waals surface area contributed by atoms with Crippen LogP contribution in [0.4, 0.5) is 0 Å². The van der Waals surface area contributed by atoms with E-state index >= 15 is 0 Å². The maximum atomic E-state index is 9.80. The molecule has 1 heterocycles. The molecule has 1 rings (SSSR count). The molecule has 0 saturated carbocycles. The van der Waals surface area contributed by atoms with E-state index in [0.717, 1.165) is 26.0 Å². The van der Waals surface area contributed by atoms with E-state index in [2.05, 4.69) is 12.2 Å². The Balaban J connectivity index is 1.96. The summed E-state index contributed by atoms with van der Waals surface area (Å²) in [5, 5.41) is 13.1. The minimum atomic E-state index is -0.462. The number of aliphatic hydroxyl groups excluding tert-OH is 1. The van der Waals surface area contributed by atoms with Crippen LogP contribution in [-0.2, 0) is 14.2 Å². The average molecular weight is 289 g/mol. The van der Waals surface area contributed by atoms with Gasteiger partial charge in [-0.1, -0.05) is 6.92 Å². The van der Waals surface area contributed by atoms with Gasteiger partial charge in [0.15, 0.2) is 0 Å². The Morgan fingerprint density at radius 3 is 2.85 bits per heavy atom. The molecule has 5 heteroatoms. The molecular weight excluding hydrogens is 258 g/mol. The minimum Gasteiger partial charge on any atom is -0.389 e. The van der Waals surface area contributed by atoms with Crippen molar-refractivity contribution in [2.75, 3.05) is 39.5 Å². The van der Waals surface area contributed by atoms with Crippen molar-refractivity contribution in [2.45, 2.75) is 51.9 Å². The lowest BCUT2D eigenvalue weighted by Gasteiger charge is -2.19. The minimum absolute atomic E-state index is 0.227. The van der Waals surface area contributed by atoms with Crippen molar-refractivity contribution in [3.05, 3.63) is 0 Å².